The van der Waals surface area contributed by atoms with E-state index in [-0.39, 0.29) is 22.8 Å². The average Bonchev–Trinajstić information content (AvgIpc) is 2.55. The summed E-state index contributed by atoms with van der Waals surface area (Å²) < 4.78 is 6.32. The monoisotopic (exact) mass is 296 g/mol. The lowest BCUT2D eigenvalue weighted by Gasteiger charge is -2.48. The van der Waals surface area contributed by atoms with Gasteiger partial charge in [0.15, 0.2) is 0 Å². The van der Waals surface area contributed by atoms with Crippen molar-refractivity contribution >= 4 is 0 Å². The highest BCUT2D eigenvalue weighted by Crippen LogP contribution is 2.47. The SMILES string of the molecule is CN(C)C1(C(N)C2CC(C)(C)OC2(C)C)CCCCCC1. The van der Waals surface area contributed by atoms with Crippen LogP contribution in [0.1, 0.15) is 72.6 Å². The van der Waals surface area contributed by atoms with Gasteiger partial charge in [-0.1, -0.05) is 25.7 Å². The summed E-state index contributed by atoms with van der Waals surface area (Å²) in [5, 5.41) is 0. The van der Waals surface area contributed by atoms with Crippen LogP contribution in [0, 0.1) is 5.92 Å². The molecule has 2 unspecified atom stereocenters. The van der Waals surface area contributed by atoms with Crippen molar-refractivity contribution < 1.29 is 4.74 Å². The Morgan fingerprint density at radius 2 is 1.52 bits per heavy atom. The first-order chi connectivity index (χ1) is 9.61. The second kappa shape index (κ2) is 5.82. The Morgan fingerprint density at radius 1 is 1.00 bits per heavy atom. The summed E-state index contributed by atoms with van der Waals surface area (Å²) in [5.74, 6) is 0.424. The van der Waals surface area contributed by atoms with Crippen molar-refractivity contribution in [3.8, 4) is 0 Å². The van der Waals surface area contributed by atoms with Gasteiger partial charge in [-0.15, -0.1) is 0 Å². The van der Waals surface area contributed by atoms with Crippen LogP contribution in [0.25, 0.3) is 0 Å². The molecule has 0 aromatic heterocycles. The van der Waals surface area contributed by atoms with Crippen LogP contribution in [0.4, 0.5) is 0 Å². The third kappa shape index (κ3) is 3.30. The third-order valence-electron chi connectivity index (χ3n) is 6.06. The van der Waals surface area contributed by atoms with Gasteiger partial charge in [0.2, 0.25) is 0 Å². The molecule has 21 heavy (non-hydrogen) atoms. The van der Waals surface area contributed by atoms with Gasteiger partial charge >= 0.3 is 0 Å². The lowest BCUT2D eigenvalue weighted by molar-refractivity contribution is -0.0830. The molecule has 1 aliphatic heterocycles. The molecule has 2 fully saturated rings. The van der Waals surface area contributed by atoms with E-state index in [1.807, 2.05) is 0 Å². The van der Waals surface area contributed by atoms with Gasteiger partial charge in [0.05, 0.1) is 11.2 Å². The first kappa shape index (κ1) is 17.2. The van der Waals surface area contributed by atoms with Crippen LogP contribution in [-0.2, 0) is 4.74 Å². The lowest BCUT2D eigenvalue weighted by atomic mass is 9.70. The predicted octanol–water partition coefficient (Wildman–Crippen LogP) is 3.56. The fourth-order valence-electron chi connectivity index (χ4n) is 4.96. The molecule has 2 aliphatic rings. The zero-order valence-electron chi connectivity index (χ0n) is 15.0. The molecule has 124 valence electrons. The van der Waals surface area contributed by atoms with Crippen molar-refractivity contribution in [1.82, 2.24) is 4.90 Å². The summed E-state index contributed by atoms with van der Waals surface area (Å²) in [4.78, 5) is 2.42. The summed E-state index contributed by atoms with van der Waals surface area (Å²) >= 11 is 0. The van der Waals surface area contributed by atoms with Gasteiger partial charge in [-0.05, 0) is 61.1 Å². The van der Waals surface area contributed by atoms with Crippen molar-refractivity contribution in [1.29, 1.82) is 0 Å². The fraction of sp³-hybridized carbons (Fsp3) is 1.00. The first-order valence-electron chi connectivity index (χ1n) is 8.74. The van der Waals surface area contributed by atoms with Crippen molar-refractivity contribution in [3.05, 3.63) is 0 Å². The summed E-state index contributed by atoms with van der Waals surface area (Å²) in [6, 6.07) is 0.183. The Kier molecular flexibility index (Phi) is 4.78. The summed E-state index contributed by atoms with van der Waals surface area (Å²) in [5.41, 5.74) is 6.90. The minimum Gasteiger partial charge on any atom is -0.369 e. The molecule has 0 bridgehead atoms. The Morgan fingerprint density at radius 3 is 1.90 bits per heavy atom. The number of nitrogens with zero attached hydrogens (tertiary/aromatic N) is 1. The molecule has 0 spiro atoms. The molecule has 2 N–H and O–H groups in total. The molecule has 3 heteroatoms. The quantitative estimate of drug-likeness (QED) is 0.809. The van der Waals surface area contributed by atoms with Crippen molar-refractivity contribution in [2.45, 2.75) is 95.4 Å². The van der Waals surface area contributed by atoms with E-state index in [9.17, 15) is 0 Å². The van der Waals surface area contributed by atoms with E-state index >= 15 is 0 Å². The predicted molar refractivity (Wildman–Crippen MR) is 89.4 cm³/mol. The van der Waals surface area contributed by atoms with Crippen LogP contribution in [0.15, 0.2) is 0 Å². The number of nitrogens with two attached hydrogens (primary N) is 1. The molecule has 0 radical (unpaired) electrons. The molecule has 1 heterocycles. The Hall–Kier alpha value is -0.120. The van der Waals surface area contributed by atoms with Crippen molar-refractivity contribution in [2.75, 3.05) is 14.1 Å². The fourth-order valence-corrected chi connectivity index (χ4v) is 4.96. The zero-order chi connectivity index (χ0) is 15.9. The van der Waals surface area contributed by atoms with Crippen LogP contribution in [0.2, 0.25) is 0 Å². The molecule has 0 aromatic rings. The van der Waals surface area contributed by atoms with Gasteiger partial charge in [-0.2, -0.15) is 0 Å². The minimum atomic E-state index is -0.127. The molecule has 2 rings (SSSR count). The van der Waals surface area contributed by atoms with E-state index in [1.54, 1.807) is 0 Å². The van der Waals surface area contributed by atoms with Crippen LogP contribution < -0.4 is 5.73 Å². The molecule has 1 saturated heterocycles. The number of likely N-dealkylation sites (N-methyl/N-ethyl adjacent to an activating group) is 1. The normalized spacial score (nSPS) is 32.9. The highest BCUT2D eigenvalue weighted by atomic mass is 16.5. The largest absolute Gasteiger partial charge is 0.369 e. The molecule has 3 nitrogen and oxygen atoms in total. The summed E-state index contributed by atoms with van der Waals surface area (Å²) in [6.45, 7) is 8.87. The third-order valence-corrected chi connectivity index (χ3v) is 6.06. The van der Waals surface area contributed by atoms with Crippen molar-refractivity contribution in [3.63, 3.8) is 0 Å². The second-order valence-corrected chi connectivity index (χ2v) is 8.71. The zero-order valence-corrected chi connectivity index (χ0v) is 15.0. The number of rotatable bonds is 3. The Bertz CT molecular complexity index is 354. The molecule has 1 saturated carbocycles. The molecule has 0 amide bonds. The Labute approximate surface area is 131 Å². The summed E-state index contributed by atoms with van der Waals surface area (Å²) in [7, 11) is 4.44. The van der Waals surface area contributed by atoms with Gasteiger partial charge in [0.1, 0.15) is 0 Å². The molecule has 1 aliphatic carbocycles. The van der Waals surface area contributed by atoms with E-state index in [0.29, 0.717) is 5.92 Å². The lowest BCUT2D eigenvalue weighted by Crippen LogP contribution is -2.62. The Balaban J connectivity index is 2.28. The maximum absolute atomic E-state index is 6.93. The number of hydrogen-bond donors (Lipinski definition) is 1. The highest BCUT2D eigenvalue weighted by Gasteiger charge is 2.53. The van der Waals surface area contributed by atoms with Crippen LogP contribution >= 0.6 is 0 Å². The molecule has 2 atom stereocenters. The topological polar surface area (TPSA) is 38.5 Å². The first-order valence-corrected chi connectivity index (χ1v) is 8.74. The van der Waals surface area contributed by atoms with Gasteiger partial charge < -0.3 is 15.4 Å². The van der Waals surface area contributed by atoms with E-state index in [1.165, 1.54) is 38.5 Å². The molecule has 0 aromatic carbocycles. The van der Waals surface area contributed by atoms with E-state index in [0.717, 1.165) is 6.42 Å². The highest BCUT2D eigenvalue weighted by molar-refractivity contribution is 5.08. The summed E-state index contributed by atoms with van der Waals surface area (Å²) in [6.07, 6.45) is 8.86. The van der Waals surface area contributed by atoms with Crippen LogP contribution in [-0.4, -0.2) is 41.8 Å². The van der Waals surface area contributed by atoms with E-state index in [2.05, 4.69) is 46.7 Å². The smallest absolute Gasteiger partial charge is 0.0678 e. The van der Waals surface area contributed by atoms with E-state index < -0.39 is 0 Å². The second-order valence-electron chi connectivity index (χ2n) is 8.71. The van der Waals surface area contributed by atoms with Gasteiger partial charge in [0, 0.05) is 17.5 Å². The average molecular weight is 296 g/mol. The maximum atomic E-state index is 6.93. The molecular weight excluding hydrogens is 260 g/mol. The van der Waals surface area contributed by atoms with Crippen LogP contribution in [0.3, 0.4) is 0 Å². The standard InChI is InChI=1S/C18H36N2O/c1-16(2)13-14(17(3,4)21-16)15(19)18(20(5)6)11-9-7-8-10-12-18/h14-15H,7-13,19H2,1-6H3. The minimum absolute atomic E-state index is 0.0516. The maximum Gasteiger partial charge on any atom is 0.0678 e. The van der Waals surface area contributed by atoms with Crippen molar-refractivity contribution in [2.24, 2.45) is 11.7 Å². The van der Waals surface area contributed by atoms with Crippen LogP contribution in [0.5, 0.6) is 0 Å². The van der Waals surface area contributed by atoms with Gasteiger partial charge in [-0.25, -0.2) is 0 Å². The molecular formula is C18H36N2O. The number of hydrogen-bond acceptors (Lipinski definition) is 3. The van der Waals surface area contributed by atoms with E-state index in [4.69, 9.17) is 10.5 Å². The number of ether oxygens (including phenoxy) is 1. The van der Waals surface area contributed by atoms with Gasteiger partial charge in [-0.3, -0.25) is 0 Å². The van der Waals surface area contributed by atoms with Gasteiger partial charge in [0.25, 0.3) is 0 Å².